The Morgan fingerprint density at radius 2 is 2.00 bits per heavy atom. The summed E-state index contributed by atoms with van der Waals surface area (Å²) < 4.78 is 23.0. The van der Waals surface area contributed by atoms with Crippen molar-refractivity contribution in [3.8, 4) is 0 Å². The van der Waals surface area contributed by atoms with Crippen LogP contribution in [-0.4, -0.2) is 18.7 Å². The molecule has 0 saturated carbocycles. The predicted molar refractivity (Wildman–Crippen MR) is 41.5 cm³/mol. The molecular formula is C3H8INO2S. The molecule has 0 saturated heterocycles. The van der Waals surface area contributed by atoms with Crippen LogP contribution in [0.15, 0.2) is 0 Å². The molecule has 0 amide bonds. The minimum Gasteiger partial charge on any atom is -0.213 e. The zero-order valence-electron chi connectivity index (χ0n) is 4.68. The second-order valence-corrected chi connectivity index (χ2v) is 5.15. The molecule has 0 spiro atoms. The molecule has 0 rings (SSSR count). The SMILES string of the molecule is CC(I)NS(C)(=O)=O. The zero-order valence-corrected chi connectivity index (χ0v) is 7.65. The lowest BCUT2D eigenvalue weighted by atomic mass is 10.8. The number of halogens is 1. The van der Waals surface area contributed by atoms with Gasteiger partial charge in [-0.1, -0.05) is 22.6 Å². The number of rotatable bonds is 2. The van der Waals surface area contributed by atoms with Crippen molar-refractivity contribution in [2.45, 2.75) is 11.0 Å². The van der Waals surface area contributed by atoms with Gasteiger partial charge in [-0.2, -0.15) is 0 Å². The highest BCUT2D eigenvalue weighted by Gasteiger charge is 2.02. The topological polar surface area (TPSA) is 46.2 Å². The van der Waals surface area contributed by atoms with Gasteiger partial charge in [0.05, 0.1) is 10.3 Å². The van der Waals surface area contributed by atoms with Crippen LogP contribution in [0.25, 0.3) is 0 Å². The average Bonchev–Trinajstić information content (AvgIpc) is 1.21. The third-order valence-electron chi connectivity index (χ3n) is 0.376. The van der Waals surface area contributed by atoms with Crippen LogP contribution in [-0.2, 0) is 10.0 Å². The molecule has 0 aliphatic rings. The molecule has 0 bridgehead atoms. The van der Waals surface area contributed by atoms with Gasteiger partial charge in [-0.15, -0.1) is 0 Å². The lowest BCUT2D eigenvalue weighted by Gasteiger charge is -2.00. The van der Waals surface area contributed by atoms with E-state index in [0.29, 0.717) is 0 Å². The molecule has 1 unspecified atom stereocenters. The molecule has 0 radical (unpaired) electrons. The Bertz CT molecular complexity index is 151. The molecule has 0 fully saturated rings. The molecule has 0 aliphatic heterocycles. The highest BCUT2D eigenvalue weighted by molar-refractivity contribution is 14.1. The van der Waals surface area contributed by atoms with Crippen molar-refractivity contribution in [3.63, 3.8) is 0 Å². The van der Waals surface area contributed by atoms with Crippen LogP contribution in [0.3, 0.4) is 0 Å². The van der Waals surface area contributed by atoms with E-state index in [9.17, 15) is 8.42 Å². The first-order chi connectivity index (χ1) is 3.42. The van der Waals surface area contributed by atoms with Gasteiger partial charge in [0.1, 0.15) is 0 Å². The molecule has 0 aromatic carbocycles. The third-order valence-corrected chi connectivity index (χ3v) is 1.89. The summed E-state index contributed by atoms with van der Waals surface area (Å²) in [7, 11) is -2.98. The first kappa shape index (κ1) is 8.64. The van der Waals surface area contributed by atoms with Gasteiger partial charge in [0, 0.05) is 0 Å². The maximum absolute atomic E-state index is 10.3. The van der Waals surface area contributed by atoms with Crippen LogP contribution in [0.2, 0.25) is 0 Å². The van der Waals surface area contributed by atoms with E-state index in [1.807, 2.05) is 22.6 Å². The Morgan fingerprint density at radius 3 is 2.00 bits per heavy atom. The van der Waals surface area contributed by atoms with E-state index in [0.717, 1.165) is 6.26 Å². The lowest BCUT2D eigenvalue weighted by Crippen LogP contribution is -2.26. The summed E-state index contributed by atoms with van der Waals surface area (Å²) >= 11 is 1.98. The monoisotopic (exact) mass is 249 g/mol. The van der Waals surface area contributed by atoms with Crippen LogP contribution >= 0.6 is 22.6 Å². The molecule has 1 atom stereocenters. The molecule has 0 aromatic heterocycles. The van der Waals surface area contributed by atoms with Gasteiger partial charge < -0.3 is 0 Å². The van der Waals surface area contributed by atoms with Crippen LogP contribution in [0.4, 0.5) is 0 Å². The van der Waals surface area contributed by atoms with Crippen LogP contribution in [0.1, 0.15) is 6.92 Å². The largest absolute Gasteiger partial charge is 0.213 e. The first-order valence-corrected chi connectivity index (χ1v) is 5.17. The van der Waals surface area contributed by atoms with Gasteiger partial charge in [0.2, 0.25) is 10.0 Å². The molecule has 1 N–H and O–H groups in total. The van der Waals surface area contributed by atoms with Crippen LogP contribution in [0.5, 0.6) is 0 Å². The molecule has 3 nitrogen and oxygen atoms in total. The maximum Gasteiger partial charge on any atom is 0.209 e. The summed E-state index contributed by atoms with van der Waals surface area (Å²) in [6, 6.07) is 0. The van der Waals surface area contributed by atoms with Crippen LogP contribution < -0.4 is 4.72 Å². The number of hydrogen-bond acceptors (Lipinski definition) is 2. The molecule has 8 heavy (non-hydrogen) atoms. The van der Waals surface area contributed by atoms with Crippen LogP contribution in [0, 0.1) is 0 Å². The Balaban J connectivity index is 3.75. The van der Waals surface area contributed by atoms with E-state index in [4.69, 9.17) is 0 Å². The normalized spacial score (nSPS) is 15.9. The number of nitrogens with one attached hydrogen (secondary N) is 1. The highest BCUT2D eigenvalue weighted by Crippen LogP contribution is 1.93. The van der Waals surface area contributed by atoms with Crippen molar-refractivity contribution in [2.24, 2.45) is 0 Å². The molecule has 0 aromatic rings. The fraction of sp³-hybridized carbons (Fsp3) is 1.00. The van der Waals surface area contributed by atoms with Gasteiger partial charge >= 0.3 is 0 Å². The quantitative estimate of drug-likeness (QED) is 0.435. The second kappa shape index (κ2) is 2.98. The van der Waals surface area contributed by atoms with Gasteiger partial charge in [-0.3, -0.25) is 0 Å². The van der Waals surface area contributed by atoms with E-state index >= 15 is 0 Å². The summed E-state index contributed by atoms with van der Waals surface area (Å²) in [6.45, 7) is 1.77. The third kappa shape index (κ3) is 6.64. The smallest absolute Gasteiger partial charge is 0.209 e. The van der Waals surface area contributed by atoms with Gasteiger partial charge in [-0.05, 0) is 6.92 Å². The molecule has 0 heterocycles. The Morgan fingerprint density at radius 1 is 1.62 bits per heavy atom. The van der Waals surface area contributed by atoms with E-state index in [2.05, 4.69) is 4.72 Å². The van der Waals surface area contributed by atoms with E-state index < -0.39 is 10.0 Å². The van der Waals surface area contributed by atoms with Crippen molar-refractivity contribution in [2.75, 3.05) is 6.26 Å². The van der Waals surface area contributed by atoms with Gasteiger partial charge in [0.15, 0.2) is 0 Å². The first-order valence-electron chi connectivity index (χ1n) is 2.03. The summed E-state index contributed by atoms with van der Waals surface area (Å²) in [6.07, 6.45) is 1.14. The molecule has 0 aliphatic carbocycles. The standard InChI is InChI=1S/C3H8INO2S/c1-3(4)5-8(2,6)7/h3,5H,1-2H3. The fourth-order valence-corrected chi connectivity index (χ4v) is 2.27. The summed E-state index contributed by atoms with van der Waals surface area (Å²) in [5.41, 5.74) is 0. The van der Waals surface area contributed by atoms with E-state index in [1.54, 1.807) is 6.92 Å². The number of sulfonamides is 1. The predicted octanol–water partition coefficient (Wildman–Crippen LogP) is 0.317. The number of hydrogen-bond donors (Lipinski definition) is 1. The highest BCUT2D eigenvalue weighted by atomic mass is 127. The zero-order chi connectivity index (χ0) is 6.78. The Hall–Kier alpha value is 0.640. The van der Waals surface area contributed by atoms with Crippen molar-refractivity contribution in [1.29, 1.82) is 0 Å². The maximum atomic E-state index is 10.3. The summed E-state index contributed by atoms with van der Waals surface area (Å²) in [4.78, 5) is 0. The van der Waals surface area contributed by atoms with Crippen molar-refractivity contribution < 1.29 is 8.42 Å². The molecular weight excluding hydrogens is 241 g/mol. The fourth-order valence-electron chi connectivity index (χ4n) is 0.295. The number of alkyl halides is 1. The molecule has 5 heteroatoms. The van der Waals surface area contributed by atoms with Crippen molar-refractivity contribution >= 4 is 32.6 Å². The van der Waals surface area contributed by atoms with E-state index in [-0.39, 0.29) is 4.05 Å². The summed E-state index contributed by atoms with van der Waals surface area (Å²) in [5, 5.41) is 0. The van der Waals surface area contributed by atoms with Crippen molar-refractivity contribution in [3.05, 3.63) is 0 Å². The second-order valence-electron chi connectivity index (χ2n) is 1.51. The molecule has 50 valence electrons. The minimum atomic E-state index is -2.98. The Labute approximate surface area is 63.0 Å². The van der Waals surface area contributed by atoms with Crippen molar-refractivity contribution in [1.82, 2.24) is 4.72 Å². The summed E-state index contributed by atoms with van der Waals surface area (Å²) in [5.74, 6) is 0. The van der Waals surface area contributed by atoms with Gasteiger partial charge in [0.25, 0.3) is 0 Å². The average molecular weight is 249 g/mol. The Kier molecular flexibility index (Phi) is 3.21. The minimum absolute atomic E-state index is 0.0254. The van der Waals surface area contributed by atoms with E-state index in [1.165, 1.54) is 0 Å². The van der Waals surface area contributed by atoms with Gasteiger partial charge in [-0.25, -0.2) is 13.1 Å². The lowest BCUT2D eigenvalue weighted by molar-refractivity contribution is 0.589.